The summed E-state index contributed by atoms with van der Waals surface area (Å²) >= 11 is 3.63. The van der Waals surface area contributed by atoms with Crippen LogP contribution >= 0.6 is 15.9 Å². The maximum absolute atomic E-state index is 12.1. The highest BCUT2D eigenvalue weighted by Gasteiger charge is 2.33. The molecular formula is C14H24BrNO. The molecule has 17 heavy (non-hydrogen) atoms. The average Bonchev–Trinajstić information content (AvgIpc) is 2.86. The number of amides is 1. The number of alkyl halides is 1. The molecule has 0 aromatic rings. The zero-order valence-corrected chi connectivity index (χ0v) is 12.2. The molecule has 0 unspecified atom stereocenters. The molecule has 1 amide bonds. The number of carbonyl (C=O) groups is 1. The van der Waals surface area contributed by atoms with Crippen molar-refractivity contribution in [2.75, 3.05) is 11.9 Å². The summed E-state index contributed by atoms with van der Waals surface area (Å²) in [5, 5.41) is 4.25. The van der Waals surface area contributed by atoms with E-state index in [1.165, 1.54) is 44.9 Å². The number of hydrogen-bond acceptors (Lipinski definition) is 1. The molecule has 0 bridgehead atoms. The summed E-state index contributed by atoms with van der Waals surface area (Å²) in [6.07, 6.45) is 11.2. The van der Waals surface area contributed by atoms with Crippen LogP contribution in [0.4, 0.5) is 0 Å². The Kier molecular flexibility index (Phi) is 4.89. The number of nitrogens with one attached hydrogen (secondary N) is 1. The van der Waals surface area contributed by atoms with E-state index in [4.69, 9.17) is 0 Å². The van der Waals surface area contributed by atoms with Gasteiger partial charge in [0.2, 0.25) is 5.91 Å². The zero-order chi connectivity index (χ0) is 12.1. The number of halogens is 1. The van der Waals surface area contributed by atoms with Gasteiger partial charge in [0.1, 0.15) is 0 Å². The van der Waals surface area contributed by atoms with Crippen LogP contribution in [0.15, 0.2) is 0 Å². The molecule has 0 saturated heterocycles. The molecule has 0 atom stereocenters. The van der Waals surface area contributed by atoms with Gasteiger partial charge in [-0.05, 0) is 31.1 Å². The van der Waals surface area contributed by atoms with Crippen molar-refractivity contribution in [1.29, 1.82) is 0 Å². The van der Waals surface area contributed by atoms with E-state index < -0.39 is 0 Å². The fourth-order valence-corrected chi connectivity index (χ4v) is 4.03. The first kappa shape index (κ1) is 13.4. The monoisotopic (exact) mass is 301 g/mol. The summed E-state index contributed by atoms with van der Waals surface area (Å²) in [4.78, 5) is 12.1. The largest absolute Gasteiger partial charge is 0.355 e. The molecule has 0 aliphatic heterocycles. The van der Waals surface area contributed by atoms with E-state index in [1.54, 1.807) is 0 Å². The summed E-state index contributed by atoms with van der Waals surface area (Å²) < 4.78 is 0. The summed E-state index contributed by atoms with van der Waals surface area (Å²) in [6, 6.07) is 0. The van der Waals surface area contributed by atoms with Crippen LogP contribution in [-0.4, -0.2) is 17.8 Å². The van der Waals surface area contributed by atoms with Crippen molar-refractivity contribution in [3.63, 3.8) is 0 Å². The quantitative estimate of drug-likeness (QED) is 0.789. The number of carbonyl (C=O) groups excluding carboxylic acids is 1. The van der Waals surface area contributed by atoms with E-state index in [0.29, 0.717) is 17.2 Å². The van der Waals surface area contributed by atoms with Crippen LogP contribution in [0.5, 0.6) is 0 Å². The Morgan fingerprint density at radius 3 is 2.35 bits per heavy atom. The molecule has 0 radical (unpaired) electrons. The molecular weight excluding hydrogens is 278 g/mol. The van der Waals surface area contributed by atoms with Crippen molar-refractivity contribution in [2.45, 2.75) is 57.8 Å². The van der Waals surface area contributed by atoms with Gasteiger partial charge in [0.25, 0.3) is 0 Å². The Morgan fingerprint density at radius 2 is 1.76 bits per heavy atom. The van der Waals surface area contributed by atoms with Gasteiger partial charge in [-0.25, -0.2) is 0 Å². The van der Waals surface area contributed by atoms with E-state index in [2.05, 4.69) is 21.2 Å². The summed E-state index contributed by atoms with van der Waals surface area (Å²) in [6.45, 7) is 0.883. The average molecular weight is 302 g/mol. The van der Waals surface area contributed by atoms with Gasteiger partial charge in [0.15, 0.2) is 0 Å². The van der Waals surface area contributed by atoms with Crippen molar-refractivity contribution < 1.29 is 4.79 Å². The minimum absolute atomic E-state index is 0.303. The van der Waals surface area contributed by atoms with Crippen molar-refractivity contribution in [3.05, 3.63) is 0 Å². The molecule has 2 fully saturated rings. The lowest BCUT2D eigenvalue weighted by atomic mass is 9.86. The van der Waals surface area contributed by atoms with Gasteiger partial charge in [0.05, 0.1) is 0 Å². The maximum Gasteiger partial charge on any atom is 0.223 e. The molecule has 0 aromatic heterocycles. The van der Waals surface area contributed by atoms with Crippen LogP contribution in [0.25, 0.3) is 0 Å². The minimum atomic E-state index is 0.303. The predicted molar refractivity (Wildman–Crippen MR) is 74.3 cm³/mol. The predicted octanol–water partition coefficient (Wildman–Crippen LogP) is 3.64. The molecule has 0 aromatic carbocycles. The second-order valence-corrected chi connectivity index (χ2v) is 6.45. The van der Waals surface area contributed by atoms with Gasteiger partial charge in [0, 0.05) is 17.8 Å². The summed E-state index contributed by atoms with van der Waals surface area (Å²) in [5.74, 6) is 0.620. The van der Waals surface area contributed by atoms with Crippen molar-refractivity contribution in [2.24, 2.45) is 11.3 Å². The normalized spacial score (nSPS) is 24.8. The Balaban J connectivity index is 1.78. The first-order valence-electron chi connectivity index (χ1n) is 7.09. The topological polar surface area (TPSA) is 29.1 Å². The van der Waals surface area contributed by atoms with E-state index in [1.807, 2.05) is 0 Å². The van der Waals surface area contributed by atoms with Gasteiger partial charge < -0.3 is 5.32 Å². The molecule has 2 nitrogen and oxygen atoms in total. The van der Waals surface area contributed by atoms with Crippen LogP contribution in [0.3, 0.4) is 0 Å². The van der Waals surface area contributed by atoms with Crippen molar-refractivity contribution in [3.8, 4) is 0 Å². The number of hydrogen-bond donors (Lipinski definition) is 1. The lowest BCUT2D eigenvalue weighted by Gasteiger charge is -2.28. The summed E-state index contributed by atoms with van der Waals surface area (Å²) in [5.41, 5.74) is 0.352. The summed E-state index contributed by atoms with van der Waals surface area (Å²) in [7, 11) is 0. The van der Waals surface area contributed by atoms with E-state index in [-0.39, 0.29) is 0 Å². The van der Waals surface area contributed by atoms with Crippen LogP contribution < -0.4 is 5.32 Å². The number of rotatable bonds is 4. The van der Waals surface area contributed by atoms with Gasteiger partial charge in [-0.1, -0.05) is 48.0 Å². The standard InChI is InChI=1S/C14H24BrNO/c15-10-14(8-4-5-9-14)11-16-13(17)12-6-2-1-3-7-12/h12H,1-11H2,(H,16,17). The third kappa shape index (κ3) is 3.46. The molecule has 0 heterocycles. The zero-order valence-electron chi connectivity index (χ0n) is 10.6. The first-order valence-corrected chi connectivity index (χ1v) is 8.22. The highest BCUT2D eigenvalue weighted by Crippen LogP contribution is 2.39. The van der Waals surface area contributed by atoms with Gasteiger partial charge in [-0.15, -0.1) is 0 Å². The van der Waals surface area contributed by atoms with E-state index in [9.17, 15) is 4.79 Å². The first-order chi connectivity index (χ1) is 8.26. The molecule has 2 aliphatic rings. The molecule has 0 spiro atoms. The highest BCUT2D eigenvalue weighted by atomic mass is 79.9. The lowest BCUT2D eigenvalue weighted by molar-refractivity contribution is -0.126. The van der Waals surface area contributed by atoms with Crippen LogP contribution in [0.2, 0.25) is 0 Å². The van der Waals surface area contributed by atoms with Crippen LogP contribution in [0.1, 0.15) is 57.8 Å². The fourth-order valence-electron chi connectivity index (χ4n) is 3.27. The van der Waals surface area contributed by atoms with Crippen molar-refractivity contribution >= 4 is 21.8 Å². The van der Waals surface area contributed by atoms with E-state index >= 15 is 0 Å². The third-order valence-electron chi connectivity index (χ3n) is 4.56. The van der Waals surface area contributed by atoms with Crippen LogP contribution in [0, 0.1) is 11.3 Å². The van der Waals surface area contributed by atoms with Crippen molar-refractivity contribution in [1.82, 2.24) is 5.32 Å². The second-order valence-electron chi connectivity index (χ2n) is 5.89. The van der Waals surface area contributed by atoms with Gasteiger partial charge in [-0.3, -0.25) is 4.79 Å². The minimum Gasteiger partial charge on any atom is -0.355 e. The fraction of sp³-hybridized carbons (Fsp3) is 0.929. The third-order valence-corrected chi connectivity index (χ3v) is 5.75. The Labute approximate surface area is 113 Å². The molecule has 3 heteroatoms. The molecule has 2 aliphatic carbocycles. The van der Waals surface area contributed by atoms with E-state index in [0.717, 1.165) is 24.7 Å². The SMILES string of the molecule is O=C(NCC1(CBr)CCCC1)C1CCCCC1. The smallest absolute Gasteiger partial charge is 0.223 e. The molecule has 2 rings (SSSR count). The lowest BCUT2D eigenvalue weighted by Crippen LogP contribution is -2.40. The molecule has 2 saturated carbocycles. The highest BCUT2D eigenvalue weighted by molar-refractivity contribution is 9.09. The van der Waals surface area contributed by atoms with Gasteiger partial charge in [-0.2, -0.15) is 0 Å². The van der Waals surface area contributed by atoms with Gasteiger partial charge >= 0.3 is 0 Å². The Morgan fingerprint density at radius 1 is 1.12 bits per heavy atom. The maximum atomic E-state index is 12.1. The Hall–Kier alpha value is -0.0500. The molecule has 1 N–H and O–H groups in total. The van der Waals surface area contributed by atoms with Crippen LogP contribution in [-0.2, 0) is 4.79 Å². The second kappa shape index (κ2) is 6.21. The molecule has 98 valence electrons. The Bertz CT molecular complexity index is 255.